The third-order valence-corrected chi connectivity index (χ3v) is 5.96. The number of hydrogen-bond acceptors (Lipinski definition) is 4. The largest absolute Gasteiger partial charge is 0.416 e. The Balaban J connectivity index is 1.89. The Morgan fingerprint density at radius 3 is 2.29 bits per heavy atom. The van der Waals surface area contributed by atoms with Crippen molar-refractivity contribution in [1.29, 1.82) is 0 Å². The molecule has 0 bridgehead atoms. The van der Waals surface area contributed by atoms with Crippen LogP contribution in [0, 0.1) is 0 Å². The fourth-order valence-electron chi connectivity index (χ4n) is 2.86. The van der Waals surface area contributed by atoms with Crippen LogP contribution in [0.3, 0.4) is 0 Å². The summed E-state index contributed by atoms with van der Waals surface area (Å²) in [6, 6.07) is 6.87. The van der Waals surface area contributed by atoms with Crippen LogP contribution in [0.25, 0.3) is 0 Å². The van der Waals surface area contributed by atoms with Crippen molar-refractivity contribution in [3.8, 4) is 0 Å². The van der Waals surface area contributed by atoms with Crippen LogP contribution < -0.4 is 4.72 Å². The van der Waals surface area contributed by atoms with Gasteiger partial charge in [-0.1, -0.05) is 12.1 Å². The summed E-state index contributed by atoms with van der Waals surface area (Å²) in [5, 5.41) is 0. The molecular weight excluding hydrogens is 397 g/mol. The number of nitrogens with zero attached hydrogens (tertiary/aromatic N) is 1. The minimum absolute atomic E-state index is 0.0397. The van der Waals surface area contributed by atoms with Gasteiger partial charge >= 0.3 is 6.18 Å². The van der Waals surface area contributed by atoms with E-state index in [4.69, 9.17) is 0 Å². The maximum atomic E-state index is 12.9. The second-order valence-corrected chi connectivity index (χ2v) is 8.06. The van der Waals surface area contributed by atoms with Gasteiger partial charge in [-0.3, -0.25) is 14.5 Å². The van der Waals surface area contributed by atoms with Crippen LogP contribution in [0.2, 0.25) is 0 Å². The van der Waals surface area contributed by atoms with E-state index in [1.807, 2.05) is 0 Å². The predicted molar refractivity (Wildman–Crippen MR) is 93.0 cm³/mol. The Morgan fingerprint density at radius 1 is 1.00 bits per heavy atom. The lowest BCUT2D eigenvalue weighted by Gasteiger charge is -2.16. The molecule has 1 heterocycles. The maximum Gasteiger partial charge on any atom is 0.416 e. The number of carbonyl (C=O) groups is 2. The molecule has 0 saturated heterocycles. The lowest BCUT2D eigenvalue weighted by molar-refractivity contribution is -0.137. The first kappa shape index (κ1) is 20.0. The summed E-state index contributed by atoms with van der Waals surface area (Å²) in [6.45, 7) is 1.41. The van der Waals surface area contributed by atoms with E-state index in [1.165, 1.54) is 38.2 Å². The highest BCUT2D eigenvalue weighted by Gasteiger charge is 2.34. The summed E-state index contributed by atoms with van der Waals surface area (Å²) >= 11 is 0. The second-order valence-electron chi connectivity index (χ2n) is 6.34. The van der Waals surface area contributed by atoms with Crippen LogP contribution >= 0.6 is 0 Å². The molecule has 3 rings (SSSR count). The first-order chi connectivity index (χ1) is 12.9. The van der Waals surface area contributed by atoms with Gasteiger partial charge in [0.2, 0.25) is 10.0 Å². The number of hydrogen-bond donors (Lipinski definition) is 1. The van der Waals surface area contributed by atoms with Gasteiger partial charge in [0.05, 0.1) is 21.6 Å². The Kier molecular flexibility index (Phi) is 4.80. The summed E-state index contributed by atoms with van der Waals surface area (Å²) in [6.07, 6.45) is -4.55. The zero-order chi connectivity index (χ0) is 20.9. The van der Waals surface area contributed by atoms with Crippen LogP contribution in [0.5, 0.6) is 0 Å². The highest BCUT2D eigenvalue weighted by molar-refractivity contribution is 7.89. The minimum atomic E-state index is -4.55. The maximum absolute atomic E-state index is 12.9. The van der Waals surface area contributed by atoms with Crippen molar-refractivity contribution < 1.29 is 31.2 Å². The summed E-state index contributed by atoms with van der Waals surface area (Å²) in [5.74, 6) is -1.16. The molecule has 10 heteroatoms. The highest BCUT2D eigenvalue weighted by atomic mass is 32.2. The number of nitrogens with one attached hydrogen (secondary N) is 1. The molecule has 0 aromatic heterocycles. The van der Waals surface area contributed by atoms with Crippen molar-refractivity contribution in [2.24, 2.45) is 0 Å². The first-order valence-electron chi connectivity index (χ1n) is 8.08. The van der Waals surface area contributed by atoms with Gasteiger partial charge in [0.15, 0.2) is 0 Å². The SMILES string of the molecule is CC(NS(=O)(=O)c1ccc2c(c1)C(=O)N(C)C2=O)c1cccc(C(F)(F)F)c1. The topological polar surface area (TPSA) is 83.6 Å². The molecule has 1 aliphatic heterocycles. The van der Waals surface area contributed by atoms with Gasteiger partial charge in [0.25, 0.3) is 11.8 Å². The normalized spacial score (nSPS) is 15.7. The number of carbonyl (C=O) groups excluding carboxylic acids is 2. The van der Waals surface area contributed by atoms with E-state index in [2.05, 4.69) is 4.72 Å². The molecule has 1 unspecified atom stereocenters. The van der Waals surface area contributed by atoms with Crippen molar-refractivity contribution in [1.82, 2.24) is 9.62 Å². The number of sulfonamides is 1. The van der Waals surface area contributed by atoms with E-state index >= 15 is 0 Å². The van der Waals surface area contributed by atoms with Gasteiger partial charge in [-0.15, -0.1) is 0 Å². The third-order valence-electron chi connectivity index (χ3n) is 4.42. The summed E-state index contributed by atoms with van der Waals surface area (Å²) in [7, 11) is -2.86. The van der Waals surface area contributed by atoms with Gasteiger partial charge in [0.1, 0.15) is 0 Å². The van der Waals surface area contributed by atoms with E-state index in [0.29, 0.717) is 0 Å². The molecule has 0 saturated carbocycles. The van der Waals surface area contributed by atoms with Gasteiger partial charge < -0.3 is 0 Å². The average Bonchev–Trinajstić information content (AvgIpc) is 2.85. The molecule has 0 spiro atoms. The zero-order valence-corrected chi connectivity index (χ0v) is 15.6. The highest BCUT2D eigenvalue weighted by Crippen LogP contribution is 2.31. The first-order valence-corrected chi connectivity index (χ1v) is 9.56. The molecule has 2 aromatic carbocycles. The monoisotopic (exact) mass is 412 g/mol. The number of amides is 2. The van der Waals surface area contributed by atoms with Crippen LogP contribution in [-0.4, -0.2) is 32.2 Å². The second kappa shape index (κ2) is 6.71. The summed E-state index contributed by atoms with van der Waals surface area (Å²) < 4.78 is 66.1. The molecular formula is C18H15F3N2O4S. The molecule has 0 radical (unpaired) electrons. The number of fused-ring (bicyclic) bond motifs is 1. The quantitative estimate of drug-likeness (QED) is 0.783. The zero-order valence-electron chi connectivity index (χ0n) is 14.7. The van der Waals surface area contributed by atoms with E-state index in [1.54, 1.807) is 0 Å². The van der Waals surface area contributed by atoms with Gasteiger partial charge in [-0.2, -0.15) is 13.2 Å². The molecule has 6 nitrogen and oxygen atoms in total. The molecule has 1 atom stereocenters. The molecule has 0 fully saturated rings. The smallest absolute Gasteiger partial charge is 0.277 e. The molecule has 2 aromatic rings. The van der Waals surface area contributed by atoms with Crippen LogP contribution in [0.15, 0.2) is 47.4 Å². The van der Waals surface area contributed by atoms with Crippen molar-refractivity contribution in [3.05, 3.63) is 64.7 Å². The molecule has 1 aliphatic rings. The summed E-state index contributed by atoms with van der Waals surface area (Å²) in [5.41, 5.74) is -0.703. The molecule has 1 N–H and O–H groups in total. The van der Waals surface area contributed by atoms with Crippen LogP contribution in [-0.2, 0) is 16.2 Å². The number of halogens is 3. The number of rotatable bonds is 4. The summed E-state index contributed by atoms with van der Waals surface area (Å²) in [4.78, 5) is 24.5. The Morgan fingerprint density at radius 2 is 1.64 bits per heavy atom. The van der Waals surface area contributed by atoms with E-state index in [-0.39, 0.29) is 21.6 Å². The minimum Gasteiger partial charge on any atom is -0.277 e. The molecule has 0 aliphatic carbocycles. The lowest BCUT2D eigenvalue weighted by Crippen LogP contribution is -2.27. The number of imide groups is 1. The fraction of sp³-hybridized carbons (Fsp3) is 0.222. The molecule has 2 amide bonds. The van der Waals surface area contributed by atoms with Gasteiger partial charge in [0, 0.05) is 13.1 Å². The predicted octanol–water partition coefficient (Wildman–Crippen LogP) is 2.97. The Hall–Kier alpha value is -2.72. The van der Waals surface area contributed by atoms with Crippen molar-refractivity contribution >= 4 is 21.8 Å². The van der Waals surface area contributed by atoms with E-state index in [0.717, 1.165) is 23.1 Å². The number of alkyl halides is 3. The van der Waals surface area contributed by atoms with Gasteiger partial charge in [-0.05, 0) is 42.8 Å². The van der Waals surface area contributed by atoms with Gasteiger partial charge in [-0.25, -0.2) is 13.1 Å². The van der Waals surface area contributed by atoms with Crippen molar-refractivity contribution in [3.63, 3.8) is 0 Å². The number of benzene rings is 2. The average molecular weight is 412 g/mol. The van der Waals surface area contributed by atoms with E-state index < -0.39 is 39.6 Å². The molecule has 28 heavy (non-hydrogen) atoms. The Bertz CT molecular complexity index is 1080. The van der Waals surface area contributed by atoms with Crippen LogP contribution in [0.1, 0.15) is 44.8 Å². The van der Waals surface area contributed by atoms with Crippen molar-refractivity contribution in [2.45, 2.75) is 24.0 Å². The van der Waals surface area contributed by atoms with E-state index in [9.17, 15) is 31.2 Å². The Labute approximate surface area is 159 Å². The molecule has 148 valence electrons. The standard InChI is InChI=1S/C18H15F3N2O4S/c1-10(11-4-3-5-12(8-11)18(19,20)21)22-28(26,27)13-6-7-14-15(9-13)17(25)23(2)16(14)24/h3-10,22H,1-2H3. The van der Waals surface area contributed by atoms with Crippen molar-refractivity contribution in [2.75, 3.05) is 7.05 Å². The lowest BCUT2D eigenvalue weighted by atomic mass is 10.1. The fourth-order valence-corrected chi connectivity index (χ4v) is 4.12. The third kappa shape index (κ3) is 3.52. The van der Waals surface area contributed by atoms with Crippen LogP contribution in [0.4, 0.5) is 13.2 Å².